The lowest BCUT2D eigenvalue weighted by molar-refractivity contribution is -0.0564. The molecule has 0 radical (unpaired) electrons. The second kappa shape index (κ2) is 7.96. The van der Waals surface area contributed by atoms with Crippen molar-refractivity contribution in [1.82, 2.24) is 14.5 Å². The molecule has 3 heterocycles. The van der Waals surface area contributed by atoms with Gasteiger partial charge in [0.25, 0.3) is 0 Å². The van der Waals surface area contributed by atoms with Crippen molar-refractivity contribution in [3.8, 4) is 0 Å². The molecule has 0 bridgehead atoms. The molecule has 0 aliphatic carbocycles. The molecule has 0 saturated carbocycles. The lowest BCUT2D eigenvalue weighted by Crippen LogP contribution is -2.44. The highest BCUT2D eigenvalue weighted by molar-refractivity contribution is 5.43. The zero-order chi connectivity index (χ0) is 18.7. The van der Waals surface area contributed by atoms with Gasteiger partial charge in [0, 0.05) is 50.7 Å². The van der Waals surface area contributed by atoms with Crippen LogP contribution >= 0.6 is 0 Å². The Morgan fingerprint density at radius 2 is 2.33 bits per heavy atom. The lowest BCUT2D eigenvalue weighted by Gasteiger charge is -2.31. The molecule has 1 spiro atoms. The molecule has 1 N–H and O–H groups in total. The topological polar surface area (TPSA) is 51.5 Å². The number of hydrogen-bond acceptors (Lipinski definition) is 5. The molecule has 2 aromatic rings. The molecule has 2 saturated heterocycles. The standard InChI is InChI=1S/C20H27FN4O2/c1-24-6-5-22-19(24)12-25-7-8-26-15-20(14-25)10-16(13-27-20)11-23-18-4-2-3-17(21)9-18/h2-6,9,16,23H,7-8,10-15H2,1H3/t16-,20-/m0/s1. The molecule has 2 aliphatic rings. The van der Waals surface area contributed by atoms with Gasteiger partial charge in [0.15, 0.2) is 0 Å². The highest BCUT2D eigenvalue weighted by Crippen LogP contribution is 2.33. The number of imidazole rings is 1. The highest BCUT2D eigenvalue weighted by atomic mass is 19.1. The van der Waals surface area contributed by atoms with Gasteiger partial charge in [0.2, 0.25) is 0 Å². The predicted molar refractivity (Wildman–Crippen MR) is 101 cm³/mol. The first-order valence-electron chi connectivity index (χ1n) is 9.52. The third kappa shape index (κ3) is 4.48. The summed E-state index contributed by atoms with van der Waals surface area (Å²) < 4.78 is 27.5. The summed E-state index contributed by atoms with van der Waals surface area (Å²) in [5, 5.41) is 3.33. The van der Waals surface area contributed by atoms with Crippen molar-refractivity contribution in [1.29, 1.82) is 0 Å². The quantitative estimate of drug-likeness (QED) is 0.870. The zero-order valence-electron chi connectivity index (χ0n) is 15.7. The Morgan fingerprint density at radius 3 is 3.15 bits per heavy atom. The maximum atomic E-state index is 13.3. The Balaban J connectivity index is 1.35. The minimum Gasteiger partial charge on any atom is -0.385 e. The molecule has 2 fully saturated rings. The van der Waals surface area contributed by atoms with Crippen molar-refractivity contribution in [3.63, 3.8) is 0 Å². The molecular weight excluding hydrogens is 347 g/mol. The van der Waals surface area contributed by atoms with Gasteiger partial charge >= 0.3 is 0 Å². The van der Waals surface area contributed by atoms with Crippen LogP contribution in [0, 0.1) is 11.7 Å². The molecule has 7 heteroatoms. The summed E-state index contributed by atoms with van der Waals surface area (Å²) in [5.74, 6) is 1.21. The number of nitrogens with zero attached hydrogens (tertiary/aromatic N) is 3. The van der Waals surface area contributed by atoms with Gasteiger partial charge in [-0.05, 0) is 24.6 Å². The molecule has 0 unspecified atom stereocenters. The monoisotopic (exact) mass is 374 g/mol. The molecule has 1 aromatic carbocycles. The summed E-state index contributed by atoms with van der Waals surface area (Å²) in [6.45, 7) is 5.32. The van der Waals surface area contributed by atoms with Crippen LogP contribution in [0.4, 0.5) is 10.1 Å². The van der Waals surface area contributed by atoms with Gasteiger partial charge in [-0.25, -0.2) is 9.37 Å². The second-order valence-corrected chi connectivity index (χ2v) is 7.67. The van der Waals surface area contributed by atoms with Crippen molar-refractivity contribution in [2.24, 2.45) is 13.0 Å². The minimum absolute atomic E-state index is 0.221. The van der Waals surface area contributed by atoms with E-state index < -0.39 is 0 Å². The molecule has 1 aromatic heterocycles. The Labute approximate surface area is 159 Å². The number of aryl methyl sites for hydroxylation is 1. The Hall–Kier alpha value is -1.96. The summed E-state index contributed by atoms with van der Waals surface area (Å²) in [4.78, 5) is 6.81. The summed E-state index contributed by atoms with van der Waals surface area (Å²) in [6.07, 6.45) is 4.74. The number of anilines is 1. The van der Waals surface area contributed by atoms with Crippen molar-refractivity contribution < 1.29 is 13.9 Å². The summed E-state index contributed by atoms with van der Waals surface area (Å²) >= 11 is 0. The number of ether oxygens (including phenoxy) is 2. The van der Waals surface area contributed by atoms with Gasteiger partial charge < -0.3 is 19.4 Å². The van der Waals surface area contributed by atoms with E-state index in [1.54, 1.807) is 6.07 Å². The van der Waals surface area contributed by atoms with Crippen molar-refractivity contribution in [2.75, 3.05) is 44.8 Å². The maximum absolute atomic E-state index is 13.3. The average molecular weight is 374 g/mol. The summed E-state index contributed by atoms with van der Waals surface area (Å²) in [7, 11) is 2.02. The third-order valence-electron chi connectivity index (χ3n) is 5.42. The van der Waals surface area contributed by atoms with Crippen LogP contribution in [0.1, 0.15) is 12.2 Å². The van der Waals surface area contributed by atoms with Crippen LogP contribution in [0.2, 0.25) is 0 Å². The third-order valence-corrected chi connectivity index (χ3v) is 5.42. The predicted octanol–water partition coefficient (Wildman–Crippen LogP) is 2.28. The van der Waals surface area contributed by atoms with E-state index in [0.29, 0.717) is 25.7 Å². The van der Waals surface area contributed by atoms with Gasteiger partial charge in [-0.2, -0.15) is 0 Å². The van der Waals surface area contributed by atoms with E-state index in [1.807, 2.05) is 25.5 Å². The number of hydrogen-bond donors (Lipinski definition) is 1. The van der Waals surface area contributed by atoms with Crippen molar-refractivity contribution in [3.05, 3.63) is 48.3 Å². The van der Waals surface area contributed by atoms with Crippen LogP contribution in [0.3, 0.4) is 0 Å². The van der Waals surface area contributed by atoms with Gasteiger partial charge in [-0.1, -0.05) is 6.07 Å². The van der Waals surface area contributed by atoms with Crippen LogP contribution in [-0.2, 0) is 23.1 Å². The van der Waals surface area contributed by atoms with Crippen molar-refractivity contribution in [2.45, 2.75) is 18.6 Å². The molecule has 6 nitrogen and oxygen atoms in total. The molecule has 2 aliphatic heterocycles. The number of benzene rings is 1. The number of halogens is 1. The first kappa shape index (κ1) is 18.4. The fourth-order valence-corrected chi connectivity index (χ4v) is 4.01. The van der Waals surface area contributed by atoms with E-state index >= 15 is 0 Å². The lowest BCUT2D eigenvalue weighted by atomic mass is 9.94. The first-order valence-corrected chi connectivity index (χ1v) is 9.52. The summed E-state index contributed by atoms with van der Waals surface area (Å²) in [6, 6.07) is 6.59. The fraction of sp³-hybridized carbons (Fsp3) is 0.550. The number of aromatic nitrogens is 2. The largest absolute Gasteiger partial charge is 0.385 e. The van der Waals surface area contributed by atoms with E-state index in [0.717, 1.165) is 44.1 Å². The van der Waals surface area contributed by atoms with E-state index in [4.69, 9.17) is 9.47 Å². The molecule has 4 rings (SSSR count). The number of rotatable bonds is 5. The van der Waals surface area contributed by atoms with Gasteiger partial charge in [0.05, 0.1) is 26.4 Å². The minimum atomic E-state index is -0.268. The second-order valence-electron chi connectivity index (χ2n) is 7.67. The molecular formula is C20H27FN4O2. The normalized spacial score (nSPS) is 26.4. The highest BCUT2D eigenvalue weighted by Gasteiger charge is 2.43. The Morgan fingerprint density at radius 1 is 1.41 bits per heavy atom. The van der Waals surface area contributed by atoms with Crippen LogP contribution in [-0.4, -0.2) is 59.5 Å². The van der Waals surface area contributed by atoms with Crippen molar-refractivity contribution >= 4 is 5.69 Å². The van der Waals surface area contributed by atoms with E-state index in [2.05, 4.69) is 19.8 Å². The van der Waals surface area contributed by atoms with E-state index in [-0.39, 0.29) is 11.4 Å². The summed E-state index contributed by atoms with van der Waals surface area (Å²) in [5.41, 5.74) is 0.542. The molecule has 2 atom stereocenters. The van der Waals surface area contributed by atoms with Gasteiger partial charge in [-0.3, -0.25) is 4.90 Å². The number of nitrogens with one attached hydrogen (secondary N) is 1. The first-order chi connectivity index (χ1) is 13.1. The molecule has 0 amide bonds. The molecule has 27 heavy (non-hydrogen) atoms. The average Bonchev–Trinajstić information content (AvgIpc) is 3.17. The van der Waals surface area contributed by atoms with Gasteiger partial charge in [0.1, 0.15) is 17.2 Å². The van der Waals surface area contributed by atoms with Crippen LogP contribution in [0.5, 0.6) is 0 Å². The van der Waals surface area contributed by atoms with Crippen LogP contribution < -0.4 is 5.32 Å². The molecule has 146 valence electrons. The Bertz CT molecular complexity index is 768. The fourth-order valence-electron chi connectivity index (χ4n) is 4.01. The zero-order valence-corrected chi connectivity index (χ0v) is 15.7. The van der Waals surface area contributed by atoms with E-state index in [9.17, 15) is 4.39 Å². The maximum Gasteiger partial charge on any atom is 0.125 e. The SMILES string of the molecule is Cn1ccnc1CN1CCOC[C@]2(C[C@@H](CNc3cccc(F)c3)CO2)C1. The van der Waals surface area contributed by atoms with Crippen LogP contribution in [0.15, 0.2) is 36.7 Å². The van der Waals surface area contributed by atoms with Gasteiger partial charge in [-0.15, -0.1) is 0 Å². The van der Waals surface area contributed by atoms with E-state index in [1.165, 1.54) is 12.1 Å². The smallest absolute Gasteiger partial charge is 0.125 e. The Kier molecular flexibility index (Phi) is 5.43. The van der Waals surface area contributed by atoms with Crippen LogP contribution in [0.25, 0.3) is 0 Å².